The van der Waals surface area contributed by atoms with Gasteiger partial charge in [0.15, 0.2) is 5.96 Å². The highest BCUT2D eigenvalue weighted by Crippen LogP contribution is 2.44. The van der Waals surface area contributed by atoms with E-state index >= 15 is 0 Å². The summed E-state index contributed by atoms with van der Waals surface area (Å²) in [6, 6.07) is 4.99. The molecule has 7 heteroatoms. The van der Waals surface area contributed by atoms with Gasteiger partial charge in [-0.05, 0) is 75.4 Å². The van der Waals surface area contributed by atoms with Gasteiger partial charge in [-0.1, -0.05) is 12.5 Å². The van der Waals surface area contributed by atoms with Gasteiger partial charge >= 0.3 is 0 Å². The number of halogens is 1. The van der Waals surface area contributed by atoms with E-state index in [9.17, 15) is 0 Å². The summed E-state index contributed by atoms with van der Waals surface area (Å²) in [7, 11) is 4.07. The zero-order chi connectivity index (χ0) is 19.8. The fourth-order valence-corrected chi connectivity index (χ4v) is 5.66. The topological polar surface area (TPSA) is 48.9 Å². The average Bonchev–Trinajstić information content (AvgIpc) is 3.19. The maximum atomic E-state index is 5.33. The summed E-state index contributed by atoms with van der Waals surface area (Å²) >= 11 is 1.89. The third-order valence-electron chi connectivity index (χ3n) is 6.54. The molecule has 2 unspecified atom stereocenters. The summed E-state index contributed by atoms with van der Waals surface area (Å²) in [6.07, 6.45) is 7.58. The molecule has 0 spiro atoms. The fraction of sp³-hybridized carbons (Fsp3) is 0.773. The number of nitrogens with zero attached hydrogens (tertiary/aromatic N) is 2. The van der Waals surface area contributed by atoms with E-state index in [0.29, 0.717) is 17.4 Å². The number of piperidine rings is 1. The quantitative estimate of drug-likeness (QED) is 0.278. The molecule has 166 valence electrons. The molecule has 29 heavy (non-hydrogen) atoms. The van der Waals surface area contributed by atoms with Crippen LogP contribution in [0.15, 0.2) is 22.5 Å². The van der Waals surface area contributed by atoms with E-state index in [1.165, 1.54) is 43.5 Å². The van der Waals surface area contributed by atoms with Crippen molar-refractivity contribution in [2.24, 2.45) is 16.3 Å². The average molecular weight is 535 g/mol. The lowest BCUT2D eigenvalue weighted by atomic mass is 9.67. The van der Waals surface area contributed by atoms with Crippen molar-refractivity contribution in [2.45, 2.75) is 51.5 Å². The summed E-state index contributed by atoms with van der Waals surface area (Å²) in [5, 5.41) is 9.32. The highest BCUT2D eigenvalue weighted by molar-refractivity contribution is 14.0. The lowest BCUT2D eigenvalue weighted by molar-refractivity contribution is 0.0778. The van der Waals surface area contributed by atoms with Crippen LogP contribution in [-0.2, 0) is 4.74 Å². The van der Waals surface area contributed by atoms with Gasteiger partial charge in [0.05, 0.1) is 0 Å². The molecule has 0 amide bonds. The number of hydrogen-bond donors (Lipinski definition) is 2. The van der Waals surface area contributed by atoms with E-state index in [0.717, 1.165) is 38.6 Å². The van der Waals surface area contributed by atoms with Gasteiger partial charge in [0, 0.05) is 44.3 Å². The Bertz CT molecular complexity index is 606. The van der Waals surface area contributed by atoms with Crippen LogP contribution in [0.3, 0.4) is 0 Å². The zero-order valence-electron chi connectivity index (χ0n) is 18.3. The van der Waals surface area contributed by atoms with Gasteiger partial charge in [-0.25, -0.2) is 0 Å². The Kier molecular flexibility index (Phi) is 10.7. The number of guanidine groups is 1. The summed E-state index contributed by atoms with van der Waals surface area (Å²) in [4.78, 5) is 9.00. The molecule has 1 aliphatic heterocycles. The predicted octanol–water partition coefficient (Wildman–Crippen LogP) is 4.51. The van der Waals surface area contributed by atoms with Gasteiger partial charge in [-0.15, -0.1) is 35.3 Å². The molecule has 0 radical (unpaired) electrons. The van der Waals surface area contributed by atoms with Crippen molar-refractivity contribution >= 4 is 41.3 Å². The minimum atomic E-state index is 0. The molecule has 3 rings (SSSR count). The van der Waals surface area contributed by atoms with Crippen LogP contribution in [-0.4, -0.2) is 57.8 Å². The molecule has 0 aromatic carbocycles. The third-order valence-corrected chi connectivity index (χ3v) is 7.48. The van der Waals surface area contributed by atoms with Crippen LogP contribution in [0.2, 0.25) is 0 Å². The maximum Gasteiger partial charge on any atom is 0.191 e. The highest BCUT2D eigenvalue weighted by atomic mass is 127. The summed E-state index contributed by atoms with van der Waals surface area (Å²) in [5.74, 6) is 1.59. The predicted molar refractivity (Wildman–Crippen MR) is 135 cm³/mol. The summed E-state index contributed by atoms with van der Waals surface area (Å²) in [6.45, 7) is 6.96. The van der Waals surface area contributed by atoms with E-state index in [2.05, 4.69) is 47.0 Å². The Morgan fingerprint density at radius 3 is 2.79 bits per heavy atom. The molecule has 1 saturated heterocycles. The van der Waals surface area contributed by atoms with Gasteiger partial charge < -0.3 is 15.4 Å². The standard InChI is InChI=1S/C22H38N4OS.HI/c1-4-23-21(25-17-22(10-7-11-22)12-14-27-3)24-16-18-8-5-13-26(2)20(18)19-9-6-15-28-19;/h6,9,15,18,20H,4-5,7-8,10-14,16-17H2,1-3H3,(H2,23,24,25);1H. The number of aliphatic imine (C=N–C) groups is 1. The number of rotatable bonds is 9. The summed E-state index contributed by atoms with van der Waals surface area (Å²) < 4.78 is 5.33. The van der Waals surface area contributed by atoms with E-state index in [1.54, 1.807) is 7.11 Å². The van der Waals surface area contributed by atoms with E-state index in [4.69, 9.17) is 9.73 Å². The highest BCUT2D eigenvalue weighted by Gasteiger charge is 2.36. The van der Waals surface area contributed by atoms with Crippen LogP contribution in [0.5, 0.6) is 0 Å². The minimum Gasteiger partial charge on any atom is -0.385 e. The Balaban J connectivity index is 0.00000300. The number of thiophene rings is 1. The third kappa shape index (κ3) is 6.80. The largest absolute Gasteiger partial charge is 0.385 e. The second-order valence-corrected chi connectivity index (χ2v) is 9.49. The molecule has 2 atom stereocenters. The second-order valence-electron chi connectivity index (χ2n) is 8.52. The van der Waals surface area contributed by atoms with E-state index in [-0.39, 0.29) is 24.0 Å². The molecule has 1 aromatic heterocycles. The van der Waals surface area contributed by atoms with Gasteiger partial charge in [-0.3, -0.25) is 9.89 Å². The fourth-order valence-electron chi connectivity index (χ4n) is 4.68. The number of ether oxygens (including phenoxy) is 1. The van der Waals surface area contributed by atoms with Crippen molar-refractivity contribution in [1.29, 1.82) is 0 Å². The van der Waals surface area contributed by atoms with Crippen molar-refractivity contribution in [1.82, 2.24) is 15.5 Å². The molecule has 0 bridgehead atoms. The minimum absolute atomic E-state index is 0. The molecular weight excluding hydrogens is 495 g/mol. The van der Waals surface area contributed by atoms with Crippen LogP contribution in [0, 0.1) is 11.3 Å². The lowest BCUT2D eigenvalue weighted by Gasteiger charge is -2.41. The van der Waals surface area contributed by atoms with Crippen molar-refractivity contribution < 1.29 is 4.74 Å². The second kappa shape index (κ2) is 12.5. The molecular formula is C22H39IN4OS. The van der Waals surface area contributed by atoms with Crippen molar-refractivity contribution in [3.05, 3.63) is 22.4 Å². The van der Waals surface area contributed by atoms with Gasteiger partial charge in [0.25, 0.3) is 0 Å². The van der Waals surface area contributed by atoms with E-state index < -0.39 is 0 Å². The summed E-state index contributed by atoms with van der Waals surface area (Å²) in [5.41, 5.74) is 0.364. The first-order valence-electron chi connectivity index (χ1n) is 10.9. The first-order valence-corrected chi connectivity index (χ1v) is 11.8. The molecule has 1 aromatic rings. The Hall–Kier alpha value is -0.380. The van der Waals surface area contributed by atoms with Crippen LogP contribution < -0.4 is 10.6 Å². The van der Waals surface area contributed by atoms with Crippen LogP contribution in [0.4, 0.5) is 0 Å². The van der Waals surface area contributed by atoms with Gasteiger partial charge in [0.1, 0.15) is 0 Å². The Labute approximate surface area is 198 Å². The van der Waals surface area contributed by atoms with Crippen LogP contribution >= 0.6 is 35.3 Å². The molecule has 2 heterocycles. The van der Waals surface area contributed by atoms with Crippen molar-refractivity contribution in [3.8, 4) is 0 Å². The first kappa shape index (κ1) is 24.9. The number of nitrogens with one attached hydrogen (secondary N) is 2. The molecule has 2 N–H and O–H groups in total. The number of likely N-dealkylation sites (tertiary alicyclic amines) is 1. The Morgan fingerprint density at radius 1 is 1.34 bits per heavy atom. The molecule has 2 fully saturated rings. The smallest absolute Gasteiger partial charge is 0.191 e. The molecule has 2 aliphatic rings. The van der Waals surface area contributed by atoms with E-state index in [1.807, 2.05) is 11.3 Å². The normalized spacial score (nSPS) is 24.4. The van der Waals surface area contributed by atoms with Crippen LogP contribution in [0.1, 0.15) is 56.4 Å². The monoisotopic (exact) mass is 534 g/mol. The molecule has 5 nitrogen and oxygen atoms in total. The SMILES string of the molecule is CCNC(=NCC1(CCOC)CCC1)NCC1CCCN(C)C1c1cccs1.I. The lowest BCUT2D eigenvalue weighted by Crippen LogP contribution is -2.45. The van der Waals surface area contributed by atoms with Gasteiger partial charge in [-0.2, -0.15) is 0 Å². The van der Waals surface area contributed by atoms with Crippen molar-refractivity contribution in [2.75, 3.05) is 46.9 Å². The first-order chi connectivity index (χ1) is 13.7. The zero-order valence-corrected chi connectivity index (χ0v) is 21.4. The van der Waals surface area contributed by atoms with Crippen LogP contribution in [0.25, 0.3) is 0 Å². The van der Waals surface area contributed by atoms with Crippen molar-refractivity contribution in [3.63, 3.8) is 0 Å². The Morgan fingerprint density at radius 2 is 2.17 bits per heavy atom. The van der Waals surface area contributed by atoms with Gasteiger partial charge in [0.2, 0.25) is 0 Å². The number of methoxy groups -OCH3 is 1. The molecule has 1 aliphatic carbocycles. The maximum absolute atomic E-state index is 5.33. The molecule has 1 saturated carbocycles. The number of hydrogen-bond acceptors (Lipinski definition) is 4.